The number of nitrogens with one attached hydrogen (secondary N) is 3. The van der Waals surface area contributed by atoms with Crippen LogP contribution in [-0.4, -0.2) is 31.1 Å². The smallest absolute Gasteiger partial charge is 0.410 e. The number of carbonyl (C=O) groups excluding carboxylic acids is 3. The first-order chi connectivity index (χ1) is 13.5. The van der Waals surface area contributed by atoms with Gasteiger partial charge in [0, 0.05) is 18.2 Å². The van der Waals surface area contributed by atoms with Gasteiger partial charge >= 0.3 is 6.09 Å². The minimum atomic E-state index is -1.59. The Morgan fingerprint density at radius 2 is 1.82 bits per heavy atom. The van der Waals surface area contributed by atoms with E-state index in [4.69, 9.17) is 14.2 Å². The predicted molar refractivity (Wildman–Crippen MR) is 99.0 cm³/mol. The minimum absolute atomic E-state index is 0.246. The Labute approximate surface area is 160 Å². The number of benzene rings is 2. The van der Waals surface area contributed by atoms with Crippen molar-refractivity contribution < 1.29 is 28.6 Å². The number of ether oxygens (including phenoxy) is 3. The van der Waals surface area contributed by atoms with Crippen molar-refractivity contribution in [3.63, 3.8) is 0 Å². The second-order valence-corrected chi connectivity index (χ2v) is 6.22. The Morgan fingerprint density at radius 1 is 1.11 bits per heavy atom. The lowest BCUT2D eigenvalue weighted by molar-refractivity contribution is -0.178. The van der Waals surface area contributed by atoms with Crippen LogP contribution in [0.3, 0.4) is 0 Å². The zero-order valence-electron chi connectivity index (χ0n) is 14.9. The Bertz CT molecular complexity index is 954. The molecule has 1 fully saturated rings. The third-order valence-electron chi connectivity index (χ3n) is 4.24. The quantitative estimate of drug-likeness (QED) is 0.750. The third kappa shape index (κ3) is 3.17. The van der Waals surface area contributed by atoms with Gasteiger partial charge in [-0.15, -0.1) is 0 Å². The summed E-state index contributed by atoms with van der Waals surface area (Å²) in [4.78, 5) is 36.3. The van der Waals surface area contributed by atoms with Crippen LogP contribution in [-0.2, 0) is 24.8 Å². The molecule has 3 amide bonds. The molecule has 0 radical (unpaired) electrons. The Morgan fingerprint density at radius 3 is 2.50 bits per heavy atom. The van der Waals surface area contributed by atoms with Crippen LogP contribution in [0, 0.1) is 0 Å². The van der Waals surface area contributed by atoms with Gasteiger partial charge in [-0.05, 0) is 24.3 Å². The van der Waals surface area contributed by atoms with Crippen molar-refractivity contribution >= 4 is 35.0 Å². The summed E-state index contributed by atoms with van der Waals surface area (Å²) < 4.78 is 16.3. The molecule has 2 aliphatic heterocycles. The van der Waals surface area contributed by atoms with Crippen molar-refractivity contribution in [1.82, 2.24) is 0 Å². The van der Waals surface area contributed by atoms with Crippen molar-refractivity contribution in [2.24, 2.45) is 0 Å². The SMILES string of the molecule is CC(=O)Nc1cc(NC(=O)Oc2ccccc2)cc2c1NC(=O)C21OCCO1. The number of hydrogen-bond acceptors (Lipinski definition) is 6. The first kappa shape index (κ1) is 18.0. The molecule has 2 aliphatic rings. The average Bonchev–Trinajstić information content (AvgIpc) is 3.24. The lowest BCUT2D eigenvalue weighted by Gasteiger charge is -2.20. The molecule has 0 atom stereocenters. The number of rotatable bonds is 3. The molecule has 2 heterocycles. The number of para-hydroxylation sites is 1. The predicted octanol–water partition coefficient (Wildman–Crippen LogP) is 2.41. The molecular weight excluding hydrogens is 366 g/mol. The van der Waals surface area contributed by atoms with Gasteiger partial charge in [0.15, 0.2) is 0 Å². The highest BCUT2D eigenvalue weighted by Gasteiger charge is 2.53. The molecule has 3 N–H and O–H groups in total. The Hall–Kier alpha value is -3.43. The topological polar surface area (TPSA) is 115 Å². The van der Waals surface area contributed by atoms with Gasteiger partial charge in [0.2, 0.25) is 5.91 Å². The molecule has 9 heteroatoms. The van der Waals surface area contributed by atoms with Crippen LogP contribution in [0.2, 0.25) is 0 Å². The van der Waals surface area contributed by atoms with Gasteiger partial charge in [0.1, 0.15) is 5.75 Å². The van der Waals surface area contributed by atoms with Gasteiger partial charge in [-0.1, -0.05) is 18.2 Å². The summed E-state index contributed by atoms with van der Waals surface area (Å²) in [5.74, 6) is -2.05. The Balaban J connectivity index is 1.67. The molecular formula is C19H17N3O6. The molecule has 0 aliphatic carbocycles. The number of fused-ring (bicyclic) bond motifs is 2. The molecule has 28 heavy (non-hydrogen) atoms. The lowest BCUT2D eigenvalue weighted by Crippen LogP contribution is -2.35. The molecule has 0 saturated carbocycles. The maximum atomic E-state index is 12.5. The molecule has 2 aromatic carbocycles. The van der Waals surface area contributed by atoms with Crippen LogP contribution < -0.4 is 20.7 Å². The van der Waals surface area contributed by atoms with E-state index in [-0.39, 0.29) is 19.1 Å². The van der Waals surface area contributed by atoms with E-state index in [0.717, 1.165) is 0 Å². The largest absolute Gasteiger partial charge is 0.417 e. The molecule has 1 saturated heterocycles. The molecule has 0 bridgehead atoms. The van der Waals surface area contributed by atoms with Crippen LogP contribution in [0.5, 0.6) is 5.75 Å². The molecule has 144 valence electrons. The van der Waals surface area contributed by atoms with Crippen molar-refractivity contribution in [1.29, 1.82) is 0 Å². The first-order valence-corrected chi connectivity index (χ1v) is 8.57. The first-order valence-electron chi connectivity index (χ1n) is 8.57. The summed E-state index contributed by atoms with van der Waals surface area (Å²) in [6, 6.07) is 11.6. The van der Waals surface area contributed by atoms with E-state index in [0.29, 0.717) is 28.4 Å². The highest BCUT2D eigenvalue weighted by molar-refractivity contribution is 6.10. The second kappa shape index (κ2) is 6.95. The van der Waals surface area contributed by atoms with E-state index in [1.54, 1.807) is 36.4 Å². The summed E-state index contributed by atoms with van der Waals surface area (Å²) in [6.07, 6.45) is -0.723. The summed E-state index contributed by atoms with van der Waals surface area (Å²) in [5.41, 5.74) is 1.35. The number of anilines is 3. The van der Waals surface area contributed by atoms with Gasteiger partial charge in [0.25, 0.3) is 11.7 Å². The van der Waals surface area contributed by atoms with Crippen LogP contribution in [0.15, 0.2) is 42.5 Å². The van der Waals surface area contributed by atoms with E-state index in [1.807, 2.05) is 0 Å². The van der Waals surface area contributed by atoms with E-state index >= 15 is 0 Å². The van der Waals surface area contributed by atoms with Crippen LogP contribution >= 0.6 is 0 Å². The normalized spacial score (nSPS) is 16.4. The molecule has 2 aromatic rings. The van der Waals surface area contributed by atoms with Crippen molar-refractivity contribution in [2.75, 3.05) is 29.2 Å². The van der Waals surface area contributed by atoms with Crippen LogP contribution in [0.1, 0.15) is 12.5 Å². The van der Waals surface area contributed by atoms with Crippen molar-refractivity contribution in [3.8, 4) is 5.75 Å². The third-order valence-corrected chi connectivity index (χ3v) is 4.24. The van der Waals surface area contributed by atoms with Gasteiger partial charge in [-0.2, -0.15) is 0 Å². The standard InChI is InChI=1S/C19H17N3O6/c1-11(23)20-15-10-12(21-18(25)28-13-5-3-2-4-6-13)9-14-16(15)22-17(24)19(14)26-7-8-27-19/h2-6,9-10H,7-8H2,1H3,(H,20,23)(H,21,25)(H,22,24). The minimum Gasteiger partial charge on any atom is -0.410 e. The maximum Gasteiger partial charge on any atom is 0.417 e. The van der Waals surface area contributed by atoms with Crippen molar-refractivity contribution in [2.45, 2.75) is 12.7 Å². The molecule has 4 rings (SSSR count). The monoisotopic (exact) mass is 383 g/mol. The zero-order valence-corrected chi connectivity index (χ0v) is 14.9. The molecule has 9 nitrogen and oxygen atoms in total. The molecule has 0 aromatic heterocycles. The highest BCUT2D eigenvalue weighted by Crippen LogP contribution is 2.47. The van der Waals surface area contributed by atoms with Crippen LogP contribution in [0.4, 0.5) is 21.9 Å². The summed E-state index contributed by atoms with van der Waals surface area (Å²) in [6.45, 7) is 1.83. The second-order valence-electron chi connectivity index (χ2n) is 6.22. The number of hydrogen-bond donors (Lipinski definition) is 3. The summed E-state index contributed by atoms with van der Waals surface area (Å²) in [7, 11) is 0. The van der Waals surface area contributed by atoms with E-state index in [2.05, 4.69) is 16.0 Å². The highest BCUT2D eigenvalue weighted by atomic mass is 16.7. The number of carbonyl (C=O) groups is 3. The van der Waals surface area contributed by atoms with Gasteiger partial charge < -0.3 is 24.8 Å². The van der Waals surface area contributed by atoms with Crippen molar-refractivity contribution in [3.05, 3.63) is 48.0 Å². The summed E-state index contributed by atoms with van der Waals surface area (Å²) in [5, 5.41) is 7.91. The lowest BCUT2D eigenvalue weighted by atomic mass is 10.0. The average molecular weight is 383 g/mol. The maximum absolute atomic E-state index is 12.5. The van der Waals surface area contributed by atoms with Gasteiger partial charge in [0.05, 0.1) is 24.6 Å². The molecule has 0 unspecified atom stereocenters. The van der Waals surface area contributed by atoms with E-state index in [9.17, 15) is 14.4 Å². The fourth-order valence-corrected chi connectivity index (χ4v) is 3.15. The van der Waals surface area contributed by atoms with Crippen LogP contribution in [0.25, 0.3) is 0 Å². The summed E-state index contributed by atoms with van der Waals surface area (Å²) >= 11 is 0. The molecule has 1 spiro atoms. The number of amides is 3. The van der Waals surface area contributed by atoms with Gasteiger partial charge in [-0.3, -0.25) is 14.9 Å². The fraction of sp³-hybridized carbons (Fsp3) is 0.211. The van der Waals surface area contributed by atoms with Gasteiger partial charge in [-0.25, -0.2) is 4.79 Å². The fourth-order valence-electron chi connectivity index (χ4n) is 3.15. The van der Waals surface area contributed by atoms with E-state index < -0.39 is 17.8 Å². The van der Waals surface area contributed by atoms with E-state index in [1.165, 1.54) is 13.0 Å². The zero-order chi connectivity index (χ0) is 19.7. The Kier molecular flexibility index (Phi) is 4.46.